The molecule has 0 saturated heterocycles. The number of ketones is 2. The minimum Gasteiger partial charge on any atom is -0.454 e. The van der Waals surface area contributed by atoms with Gasteiger partial charge in [0, 0.05) is 31.6 Å². The molecular formula is C21H34O8. The number of rotatable bonds is 17. The zero-order valence-corrected chi connectivity index (χ0v) is 18.0. The van der Waals surface area contributed by atoms with Crippen molar-refractivity contribution in [1.29, 1.82) is 0 Å². The van der Waals surface area contributed by atoms with Gasteiger partial charge in [-0.1, -0.05) is 20.4 Å². The minimum atomic E-state index is -0.968. The standard InChI is InChI=1S/C21H34O8/c1-6-10-26-12-8-18(22)16(4)28-20(24)14-15(3)21(25)29-17(5)19(23)9-13-27-11-7-2/h16-17H,3,6-14H2,1-2,4-5H3. The lowest BCUT2D eigenvalue weighted by atomic mass is 10.2. The Morgan fingerprint density at radius 1 is 0.759 bits per heavy atom. The number of ether oxygens (including phenoxy) is 4. The average Bonchev–Trinajstić information content (AvgIpc) is 2.67. The van der Waals surface area contributed by atoms with Gasteiger partial charge in [0.2, 0.25) is 0 Å². The summed E-state index contributed by atoms with van der Waals surface area (Å²) in [5.74, 6) is -2.18. The largest absolute Gasteiger partial charge is 0.454 e. The van der Waals surface area contributed by atoms with Crippen molar-refractivity contribution in [2.24, 2.45) is 0 Å². The van der Waals surface area contributed by atoms with Gasteiger partial charge < -0.3 is 18.9 Å². The lowest BCUT2D eigenvalue weighted by molar-refractivity contribution is -0.156. The van der Waals surface area contributed by atoms with E-state index in [1.54, 1.807) is 0 Å². The highest BCUT2D eigenvalue weighted by atomic mass is 16.6. The monoisotopic (exact) mass is 414 g/mol. The van der Waals surface area contributed by atoms with Crippen molar-refractivity contribution in [2.45, 2.75) is 72.0 Å². The molecule has 0 amide bonds. The molecule has 0 aromatic heterocycles. The predicted octanol–water partition coefficient (Wildman–Crippen LogP) is 2.57. The van der Waals surface area contributed by atoms with Crippen LogP contribution in [0.15, 0.2) is 12.2 Å². The quantitative estimate of drug-likeness (QED) is 0.203. The van der Waals surface area contributed by atoms with Gasteiger partial charge in [-0.05, 0) is 26.7 Å². The average molecular weight is 414 g/mol. The van der Waals surface area contributed by atoms with E-state index < -0.39 is 30.6 Å². The molecule has 0 spiro atoms. The molecule has 0 aliphatic carbocycles. The van der Waals surface area contributed by atoms with Gasteiger partial charge in [0.1, 0.15) is 0 Å². The first-order valence-electron chi connectivity index (χ1n) is 10.0. The number of carbonyl (C=O) groups is 4. The molecule has 0 fully saturated rings. The fourth-order valence-corrected chi connectivity index (χ4v) is 2.11. The van der Waals surface area contributed by atoms with Crippen molar-refractivity contribution in [1.82, 2.24) is 0 Å². The van der Waals surface area contributed by atoms with Gasteiger partial charge in [0.25, 0.3) is 0 Å². The van der Waals surface area contributed by atoms with Crippen molar-refractivity contribution in [3.8, 4) is 0 Å². The summed E-state index contributed by atoms with van der Waals surface area (Å²) in [7, 11) is 0. The van der Waals surface area contributed by atoms with Crippen LogP contribution >= 0.6 is 0 Å². The minimum absolute atomic E-state index is 0.130. The van der Waals surface area contributed by atoms with Gasteiger partial charge >= 0.3 is 11.9 Å². The third-order valence-corrected chi connectivity index (χ3v) is 3.83. The topological polar surface area (TPSA) is 105 Å². The zero-order valence-electron chi connectivity index (χ0n) is 18.0. The smallest absolute Gasteiger partial charge is 0.334 e. The van der Waals surface area contributed by atoms with E-state index in [9.17, 15) is 19.2 Å². The maximum atomic E-state index is 12.0. The lowest BCUT2D eigenvalue weighted by Gasteiger charge is -2.15. The molecule has 0 aliphatic heterocycles. The van der Waals surface area contributed by atoms with Gasteiger partial charge in [-0.15, -0.1) is 0 Å². The summed E-state index contributed by atoms with van der Waals surface area (Å²) in [5.41, 5.74) is -0.150. The van der Waals surface area contributed by atoms with E-state index in [1.807, 2.05) is 13.8 Å². The molecule has 0 aromatic rings. The lowest BCUT2D eigenvalue weighted by Crippen LogP contribution is -2.28. The van der Waals surface area contributed by atoms with E-state index >= 15 is 0 Å². The highest BCUT2D eigenvalue weighted by Crippen LogP contribution is 2.09. The van der Waals surface area contributed by atoms with Gasteiger partial charge in [0.05, 0.1) is 19.6 Å². The number of hydrogen-bond acceptors (Lipinski definition) is 8. The van der Waals surface area contributed by atoms with Crippen molar-refractivity contribution in [3.05, 3.63) is 12.2 Å². The Labute approximate surface area is 172 Å². The summed E-state index contributed by atoms with van der Waals surface area (Å²) in [6, 6.07) is 0. The Hall–Kier alpha value is -2.06. The molecule has 0 aliphatic rings. The van der Waals surface area contributed by atoms with Gasteiger partial charge in [-0.3, -0.25) is 14.4 Å². The molecule has 2 unspecified atom stereocenters. The Morgan fingerprint density at radius 2 is 1.21 bits per heavy atom. The van der Waals surface area contributed by atoms with E-state index in [2.05, 4.69) is 6.58 Å². The summed E-state index contributed by atoms with van der Waals surface area (Å²) in [4.78, 5) is 47.7. The molecule has 0 rings (SSSR count). The van der Waals surface area contributed by atoms with E-state index in [4.69, 9.17) is 18.9 Å². The summed E-state index contributed by atoms with van der Waals surface area (Å²) in [6.45, 7) is 12.0. The number of esters is 2. The molecule has 8 nitrogen and oxygen atoms in total. The molecule has 0 saturated carbocycles. The van der Waals surface area contributed by atoms with Crippen LogP contribution in [0.25, 0.3) is 0 Å². The fraction of sp³-hybridized carbons (Fsp3) is 0.714. The molecule has 8 heteroatoms. The van der Waals surface area contributed by atoms with Crippen LogP contribution in [0.3, 0.4) is 0 Å². The summed E-state index contributed by atoms with van der Waals surface area (Å²) in [6.07, 6.45) is -0.365. The number of Topliss-reactive ketones (excluding diaryl/α,β-unsaturated/α-hetero) is 2. The van der Waals surface area contributed by atoms with Crippen molar-refractivity contribution >= 4 is 23.5 Å². The highest BCUT2D eigenvalue weighted by molar-refractivity contribution is 5.95. The molecule has 29 heavy (non-hydrogen) atoms. The Kier molecular flexibility index (Phi) is 14.7. The summed E-state index contributed by atoms with van der Waals surface area (Å²) in [5, 5.41) is 0. The van der Waals surface area contributed by atoms with Crippen LogP contribution in [0, 0.1) is 0 Å². The molecular weight excluding hydrogens is 380 g/mol. The molecule has 166 valence electrons. The predicted molar refractivity (Wildman–Crippen MR) is 106 cm³/mol. The second kappa shape index (κ2) is 15.8. The van der Waals surface area contributed by atoms with Crippen LogP contribution in [0.2, 0.25) is 0 Å². The normalized spacial score (nSPS) is 12.7. The molecule has 0 bridgehead atoms. The second-order valence-corrected chi connectivity index (χ2v) is 6.62. The molecule has 0 N–H and O–H groups in total. The van der Waals surface area contributed by atoms with E-state index in [0.717, 1.165) is 12.8 Å². The van der Waals surface area contributed by atoms with Gasteiger partial charge in [-0.25, -0.2) is 4.79 Å². The maximum Gasteiger partial charge on any atom is 0.334 e. The van der Waals surface area contributed by atoms with Crippen LogP contribution in [-0.4, -0.2) is 62.1 Å². The third-order valence-electron chi connectivity index (χ3n) is 3.83. The number of hydrogen-bond donors (Lipinski definition) is 0. The zero-order chi connectivity index (χ0) is 22.2. The summed E-state index contributed by atoms with van der Waals surface area (Å²) >= 11 is 0. The second-order valence-electron chi connectivity index (χ2n) is 6.62. The van der Waals surface area contributed by atoms with Crippen molar-refractivity contribution < 1.29 is 38.1 Å². The van der Waals surface area contributed by atoms with Crippen LogP contribution in [0.4, 0.5) is 0 Å². The fourth-order valence-electron chi connectivity index (χ4n) is 2.11. The Balaban J connectivity index is 4.25. The van der Waals surface area contributed by atoms with E-state index in [0.29, 0.717) is 13.2 Å². The van der Waals surface area contributed by atoms with E-state index in [1.165, 1.54) is 13.8 Å². The third kappa shape index (κ3) is 12.9. The molecule has 0 aromatic carbocycles. The van der Waals surface area contributed by atoms with Crippen LogP contribution in [0.1, 0.15) is 59.8 Å². The Bertz CT molecular complexity index is 555. The molecule has 0 heterocycles. The van der Waals surface area contributed by atoms with Crippen LogP contribution in [-0.2, 0) is 38.1 Å². The molecule has 0 radical (unpaired) electrons. The Morgan fingerprint density at radius 3 is 1.66 bits per heavy atom. The van der Waals surface area contributed by atoms with E-state index in [-0.39, 0.29) is 43.2 Å². The van der Waals surface area contributed by atoms with Gasteiger partial charge in [-0.2, -0.15) is 0 Å². The highest BCUT2D eigenvalue weighted by Gasteiger charge is 2.23. The maximum absolute atomic E-state index is 12.0. The van der Waals surface area contributed by atoms with Crippen LogP contribution < -0.4 is 0 Å². The van der Waals surface area contributed by atoms with Gasteiger partial charge in [0.15, 0.2) is 23.8 Å². The SMILES string of the molecule is C=C(CC(=O)OC(C)C(=O)CCOCCC)C(=O)OC(C)C(=O)CCOCCC. The summed E-state index contributed by atoms with van der Waals surface area (Å²) < 4.78 is 20.5. The molecule has 2 atom stereocenters. The number of carbonyl (C=O) groups excluding carboxylic acids is 4. The van der Waals surface area contributed by atoms with Crippen molar-refractivity contribution in [3.63, 3.8) is 0 Å². The first-order chi connectivity index (χ1) is 13.7. The first-order valence-corrected chi connectivity index (χ1v) is 10.0. The van der Waals surface area contributed by atoms with Crippen LogP contribution in [0.5, 0.6) is 0 Å². The first kappa shape index (κ1) is 26.9. The van der Waals surface area contributed by atoms with Crippen molar-refractivity contribution in [2.75, 3.05) is 26.4 Å².